The molecule has 8 heteroatoms. The first-order valence-corrected chi connectivity index (χ1v) is 11.5. The van der Waals surface area contributed by atoms with E-state index in [0.717, 1.165) is 39.4 Å². The van der Waals surface area contributed by atoms with Gasteiger partial charge in [-0.1, -0.05) is 12.1 Å². The summed E-state index contributed by atoms with van der Waals surface area (Å²) in [6, 6.07) is 7.39. The Hall–Kier alpha value is -3.39. The zero-order valence-corrected chi connectivity index (χ0v) is 18.9. The first-order valence-electron chi connectivity index (χ1n) is 10.6. The molecule has 170 valence electrons. The van der Waals surface area contributed by atoms with Gasteiger partial charge in [-0.2, -0.15) is 0 Å². The van der Waals surface area contributed by atoms with E-state index in [1.165, 1.54) is 12.1 Å². The molecular weight excluding hydrogens is 444 g/mol. The third kappa shape index (κ3) is 5.51. The Labute approximate surface area is 194 Å². The maximum atomic E-state index is 13.5. The van der Waals surface area contributed by atoms with E-state index in [-0.39, 0.29) is 18.2 Å². The van der Waals surface area contributed by atoms with Crippen molar-refractivity contribution >= 4 is 29.2 Å². The summed E-state index contributed by atoms with van der Waals surface area (Å²) in [6.45, 7) is 3.17. The van der Waals surface area contributed by atoms with Gasteiger partial charge in [0.25, 0.3) is 0 Å². The number of thiophene rings is 1. The molecule has 1 N–H and O–H groups in total. The lowest BCUT2D eigenvalue weighted by molar-refractivity contribution is -0.131. The summed E-state index contributed by atoms with van der Waals surface area (Å²) in [5.41, 5.74) is 4.28. The van der Waals surface area contributed by atoms with Gasteiger partial charge in [0, 0.05) is 42.5 Å². The number of halogens is 2. The highest BCUT2D eigenvalue weighted by Gasteiger charge is 2.24. The standard InChI is InChI=1S/C25H23F2N3O2S/c1-16-21(14-29-24(31)7-5-19-3-2-10-33-19)20-8-9-30(15-18(20)13-28-16)25(32)12-17-4-6-22(26)23(27)11-17/h2-7,10-11,13H,8-9,12,14-15H2,1H3,(H,29,31). The third-order valence-corrected chi connectivity index (χ3v) is 6.51. The lowest BCUT2D eigenvalue weighted by atomic mass is 9.94. The predicted molar refractivity (Wildman–Crippen MR) is 123 cm³/mol. The zero-order valence-electron chi connectivity index (χ0n) is 18.1. The van der Waals surface area contributed by atoms with Crippen molar-refractivity contribution in [2.75, 3.05) is 6.54 Å². The Morgan fingerprint density at radius 3 is 2.85 bits per heavy atom. The highest BCUT2D eigenvalue weighted by atomic mass is 32.1. The van der Waals surface area contributed by atoms with E-state index in [0.29, 0.717) is 31.6 Å². The summed E-state index contributed by atoms with van der Waals surface area (Å²) in [7, 11) is 0. The summed E-state index contributed by atoms with van der Waals surface area (Å²) in [4.78, 5) is 32.1. The Morgan fingerprint density at radius 1 is 1.24 bits per heavy atom. The van der Waals surface area contributed by atoms with E-state index < -0.39 is 11.6 Å². The minimum atomic E-state index is -0.958. The van der Waals surface area contributed by atoms with Crippen molar-refractivity contribution in [2.24, 2.45) is 0 Å². The van der Waals surface area contributed by atoms with E-state index in [9.17, 15) is 18.4 Å². The van der Waals surface area contributed by atoms with Crippen LogP contribution in [0.15, 0.2) is 48.0 Å². The second kappa shape index (κ2) is 10.0. The number of aryl methyl sites for hydroxylation is 1. The smallest absolute Gasteiger partial charge is 0.244 e. The fourth-order valence-electron chi connectivity index (χ4n) is 3.88. The second-order valence-electron chi connectivity index (χ2n) is 7.88. The molecular formula is C25H23F2N3O2S. The molecule has 5 nitrogen and oxygen atoms in total. The SMILES string of the molecule is Cc1ncc2c(c1CNC(=O)C=Cc1cccs1)CCN(C(=O)Cc1ccc(F)c(F)c1)C2. The highest BCUT2D eigenvalue weighted by molar-refractivity contribution is 7.10. The Morgan fingerprint density at radius 2 is 2.09 bits per heavy atom. The molecule has 0 saturated carbocycles. The van der Waals surface area contributed by atoms with Crippen LogP contribution in [0.4, 0.5) is 8.78 Å². The number of fused-ring (bicyclic) bond motifs is 1. The quantitative estimate of drug-likeness (QED) is 0.553. The largest absolute Gasteiger partial charge is 0.348 e. The molecule has 1 aliphatic heterocycles. The van der Waals surface area contributed by atoms with Gasteiger partial charge in [0.1, 0.15) is 0 Å². The molecule has 1 aliphatic rings. The summed E-state index contributed by atoms with van der Waals surface area (Å²) in [5, 5.41) is 4.87. The molecule has 33 heavy (non-hydrogen) atoms. The van der Waals surface area contributed by atoms with Crippen LogP contribution in [0.2, 0.25) is 0 Å². The molecule has 0 unspecified atom stereocenters. The van der Waals surface area contributed by atoms with Gasteiger partial charge in [-0.3, -0.25) is 14.6 Å². The van der Waals surface area contributed by atoms with Gasteiger partial charge in [-0.25, -0.2) is 8.78 Å². The average molecular weight is 468 g/mol. The number of pyridine rings is 1. The molecule has 0 atom stereocenters. The van der Waals surface area contributed by atoms with Crippen LogP contribution in [-0.2, 0) is 35.5 Å². The van der Waals surface area contributed by atoms with Gasteiger partial charge in [-0.05, 0) is 65.3 Å². The molecule has 2 amide bonds. The molecule has 3 aromatic rings. The molecule has 1 aromatic carbocycles. The van der Waals surface area contributed by atoms with Crippen LogP contribution in [-0.4, -0.2) is 28.2 Å². The minimum absolute atomic E-state index is 0.00527. The van der Waals surface area contributed by atoms with Crippen molar-refractivity contribution in [3.63, 3.8) is 0 Å². The third-order valence-electron chi connectivity index (χ3n) is 5.67. The summed E-state index contributed by atoms with van der Waals surface area (Å²) < 4.78 is 26.6. The van der Waals surface area contributed by atoms with Gasteiger partial charge >= 0.3 is 0 Å². The number of amides is 2. The van der Waals surface area contributed by atoms with Crippen molar-refractivity contribution in [2.45, 2.75) is 32.9 Å². The molecule has 0 radical (unpaired) electrons. The number of hydrogen-bond acceptors (Lipinski definition) is 4. The van der Waals surface area contributed by atoms with Crippen molar-refractivity contribution in [1.82, 2.24) is 15.2 Å². The lowest BCUT2D eigenvalue weighted by Crippen LogP contribution is -2.38. The predicted octanol–water partition coefficient (Wildman–Crippen LogP) is 4.19. The Kier molecular flexibility index (Phi) is 6.93. The molecule has 0 saturated heterocycles. The topological polar surface area (TPSA) is 62.3 Å². The lowest BCUT2D eigenvalue weighted by Gasteiger charge is -2.30. The fraction of sp³-hybridized carbons (Fsp3) is 0.240. The van der Waals surface area contributed by atoms with Crippen LogP contribution in [0.1, 0.15) is 32.8 Å². The molecule has 3 heterocycles. The maximum absolute atomic E-state index is 13.5. The summed E-state index contributed by atoms with van der Waals surface area (Å²) in [5.74, 6) is -2.22. The van der Waals surface area contributed by atoms with Crippen LogP contribution in [0, 0.1) is 18.6 Å². The zero-order chi connectivity index (χ0) is 23.4. The summed E-state index contributed by atoms with van der Waals surface area (Å²) >= 11 is 1.56. The van der Waals surface area contributed by atoms with Gasteiger partial charge in [0.05, 0.1) is 6.42 Å². The van der Waals surface area contributed by atoms with E-state index >= 15 is 0 Å². The van der Waals surface area contributed by atoms with Crippen molar-refractivity contribution in [3.05, 3.63) is 92.4 Å². The van der Waals surface area contributed by atoms with Crippen LogP contribution in [0.5, 0.6) is 0 Å². The second-order valence-corrected chi connectivity index (χ2v) is 8.86. The molecule has 0 aliphatic carbocycles. The fourth-order valence-corrected chi connectivity index (χ4v) is 4.50. The molecule has 4 rings (SSSR count). The van der Waals surface area contributed by atoms with Crippen LogP contribution in [0.25, 0.3) is 6.08 Å². The Bertz CT molecular complexity index is 1210. The number of nitrogens with zero attached hydrogens (tertiary/aromatic N) is 2. The number of benzene rings is 1. The van der Waals surface area contributed by atoms with Crippen molar-refractivity contribution < 1.29 is 18.4 Å². The normalized spacial score (nSPS) is 13.2. The van der Waals surface area contributed by atoms with E-state index in [1.807, 2.05) is 24.4 Å². The van der Waals surface area contributed by atoms with E-state index in [2.05, 4.69) is 10.3 Å². The molecule has 0 spiro atoms. The van der Waals surface area contributed by atoms with E-state index in [4.69, 9.17) is 0 Å². The summed E-state index contributed by atoms with van der Waals surface area (Å²) in [6.07, 6.45) is 5.71. The number of aromatic nitrogens is 1. The average Bonchev–Trinajstić information content (AvgIpc) is 3.33. The van der Waals surface area contributed by atoms with Gasteiger partial charge in [0.15, 0.2) is 11.6 Å². The number of carbonyl (C=O) groups is 2. The maximum Gasteiger partial charge on any atom is 0.244 e. The van der Waals surface area contributed by atoms with E-state index in [1.54, 1.807) is 28.5 Å². The minimum Gasteiger partial charge on any atom is -0.348 e. The highest BCUT2D eigenvalue weighted by Crippen LogP contribution is 2.24. The van der Waals surface area contributed by atoms with Gasteiger partial charge < -0.3 is 10.2 Å². The first kappa shape index (κ1) is 22.8. The van der Waals surface area contributed by atoms with Gasteiger partial charge in [0.2, 0.25) is 11.8 Å². The number of hydrogen-bond donors (Lipinski definition) is 1. The molecule has 0 bridgehead atoms. The van der Waals surface area contributed by atoms with Crippen LogP contribution < -0.4 is 5.32 Å². The number of carbonyl (C=O) groups excluding carboxylic acids is 2. The van der Waals surface area contributed by atoms with Crippen molar-refractivity contribution in [1.29, 1.82) is 0 Å². The number of rotatable bonds is 6. The monoisotopic (exact) mass is 467 g/mol. The van der Waals surface area contributed by atoms with Crippen LogP contribution >= 0.6 is 11.3 Å². The molecule has 2 aromatic heterocycles. The first-order chi connectivity index (χ1) is 15.9. The van der Waals surface area contributed by atoms with Gasteiger partial charge in [-0.15, -0.1) is 11.3 Å². The Balaban J connectivity index is 1.41. The number of nitrogens with one attached hydrogen (secondary N) is 1. The molecule has 0 fully saturated rings. The van der Waals surface area contributed by atoms with Crippen molar-refractivity contribution in [3.8, 4) is 0 Å². The van der Waals surface area contributed by atoms with Crippen LogP contribution in [0.3, 0.4) is 0 Å².